The fraction of sp³-hybridized carbons (Fsp3) is 0.167. The minimum Gasteiger partial charge on any atom is -0.494 e. The fourth-order valence-electron chi connectivity index (χ4n) is 3.56. The van der Waals surface area contributed by atoms with Gasteiger partial charge in [0.05, 0.1) is 43.2 Å². The number of benzene rings is 2. The summed E-state index contributed by atoms with van der Waals surface area (Å²) in [5.74, 6) is -2.09. The Morgan fingerprint density at radius 2 is 1.89 bits per heavy atom. The SMILES string of the molecule is CCOC(=O)c1c(-c2onc(-c3c(F)cccc3Cl)c2C(=O)OC)cnn1-c1ccccc1OC. The molecule has 0 saturated heterocycles. The van der Waals surface area contributed by atoms with Gasteiger partial charge in [0.25, 0.3) is 0 Å². The molecular formula is C24H19ClFN3O6. The Bertz CT molecular complexity index is 1390. The van der Waals surface area contributed by atoms with Crippen LogP contribution in [0.2, 0.25) is 5.02 Å². The van der Waals surface area contributed by atoms with Crippen LogP contribution in [0.25, 0.3) is 28.3 Å². The largest absolute Gasteiger partial charge is 0.494 e. The number of carbonyl (C=O) groups is 2. The molecule has 2 aromatic carbocycles. The monoisotopic (exact) mass is 499 g/mol. The molecule has 0 radical (unpaired) electrons. The van der Waals surface area contributed by atoms with Crippen LogP contribution in [0.1, 0.15) is 27.8 Å². The molecule has 4 aromatic rings. The van der Waals surface area contributed by atoms with E-state index in [1.54, 1.807) is 31.2 Å². The van der Waals surface area contributed by atoms with Crippen molar-refractivity contribution in [2.24, 2.45) is 0 Å². The zero-order chi connectivity index (χ0) is 25.1. The van der Waals surface area contributed by atoms with Gasteiger partial charge in [-0.2, -0.15) is 5.10 Å². The molecule has 2 heterocycles. The fourth-order valence-corrected chi connectivity index (χ4v) is 3.81. The van der Waals surface area contributed by atoms with Crippen LogP contribution in [0.3, 0.4) is 0 Å². The molecule has 0 atom stereocenters. The van der Waals surface area contributed by atoms with Crippen LogP contribution in [0, 0.1) is 5.82 Å². The zero-order valence-electron chi connectivity index (χ0n) is 18.9. The number of aromatic nitrogens is 3. The molecule has 0 bridgehead atoms. The van der Waals surface area contributed by atoms with Gasteiger partial charge < -0.3 is 18.7 Å². The molecule has 0 N–H and O–H groups in total. The normalized spacial score (nSPS) is 10.8. The summed E-state index contributed by atoms with van der Waals surface area (Å²) in [4.78, 5) is 25.9. The minimum atomic E-state index is -0.879. The smallest absolute Gasteiger partial charge is 0.357 e. The van der Waals surface area contributed by atoms with Gasteiger partial charge in [0.2, 0.25) is 0 Å². The van der Waals surface area contributed by atoms with E-state index in [2.05, 4.69) is 10.3 Å². The third kappa shape index (κ3) is 4.24. The van der Waals surface area contributed by atoms with Crippen LogP contribution >= 0.6 is 11.6 Å². The molecule has 0 aliphatic heterocycles. The molecule has 2 aromatic heterocycles. The Hall–Kier alpha value is -4.18. The number of nitrogens with zero attached hydrogens (tertiary/aromatic N) is 3. The molecule has 0 saturated carbocycles. The van der Waals surface area contributed by atoms with Crippen molar-refractivity contribution >= 4 is 23.5 Å². The number of para-hydroxylation sites is 2. The molecule has 0 aliphatic carbocycles. The van der Waals surface area contributed by atoms with Crippen molar-refractivity contribution in [2.75, 3.05) is 20.8 Å². The van der Waals surface area contributed by atoms with E-state index in [-0.39, 0.29) is 45.5 Å². The van der Waals surface area contributed by atoms with E-state index in [9.17, 15) is 14.0 Å². The van der Waals surface area contributed by atoms with Gasteiger partial charge >= 0.3 is 11.9 Å². The van der Waals surface area contributed by atoms with E-state index >= 15 is 0 Å². The van der Waals surface area contributed by atoms with Crippen molar-refractivity contribution in [3.05, 3.63) is 70.8 Å². The van der Waals surface area contributed by atoms with E-state index in [4.69, 9.17) is 30.3 Å². The standard InChI is InChI=1S/C24H19ClFN3O6/c1-4-34-24(31)21-13(12-27-29(21)16-10-5-6-11-17(16)32-2)22-19(23(30)33-3)20(28-35-22)18-14(25)8-7-9-15(18)26/h5-12H,4H2,1-3H3. The second-order valence-corrected chi connectivity index (χ2v) is 7.44. The van der Waals surface area contributed by atoms with Crippen molar-refractivity contribution in [1.29, 1.82) is 0 Å². The van der Waals surface area contributed by atoms with Gasteiger partial charge in [-0.1, -0.05) is 35.0 Å². The molecular weight excluding hydrogens is 481 g/mol. The van der Waals surface area contributed by atoms with Crippen molar-refractivity contribution in [3.63, 3.8) is 0 Å². The summed E-state index contributed by atoms with van der Waals surface area (Å²) in [6, 6.07) is 10.9. The number of carbonyl (C=O) groups excluding carboxylic acids is 2. The van der Waals surface area contributed by atoms with Crippen molar-refractivity contribution in [1.82, 2.24) is 14.9 Å². The summed E-state index contributed by atoms with van der Waals surface area (Å²) < 4.78 is 37.0. The van der Waals surface area contributed by atoms with E-state index < -0.39 is 17.8 Å². The maximum Gasteiger partial charge on any atom is 0.357 e. The third-order valence-corrected chi connectivity index (χ3v) is 5.39. The Balaban J connectivity index is 2.01. The van der Waals surface area contributed by atoms with E-state index in [0.717, 1.165) is 7.11 Å². The van der Waals surface area contributed by atoms with Gasteiger partial charge in [0.15, 0.2) is 11.5 Å². The molecule has 0 unspecified atom stereocenters. The Kier molecular flexibility index (Phi) is 6.83. The highest BCUT2D eigenvalue weighted by Gasteiger charge is 2.33. The summed E-state index contributed by atoms with van der Waals surface area (Å²) in [5.41, 5.74) is -0.135. The maximum absolute atomic E-state index is 14.7. The van der Waals surface area contributed by atoms with Crippen molar-refractivity contribution in [3.8, 4) is 34.0 Å². The van der Waals surface area contributed by atoms with Crippen LogP contribution < -0.4 is 4.74 Å². The Morgan fingerprint density at radius 1 is 1.11 bits per heavy atom. The molecule has 180 valence electrons. The van der Waals surface area contributed by atoms with Crippen LogP contribution in [0.4, 0.5) is 4.39 Å². The second-order valence-electron chi connectivity index (χ2n) is 7.03. The molecule has 9 nitrogen and oxygen atoms in total. The first-order valence-electron chi connectivity index (χ1n) is 10.3. The number of esters is 2. The highest BCUT2D eigenvalue weighted by molar-refractivity contribution is 6.33. The maximum atomic E-state index is 14.7. The van der Waals surface area contributed by atoms with Crippen molar-refractivity contribution < 1.29 is 32.7 Å². The highest BCUT2D eigenvalue weighted by atomic mass is 35.5. The van der Waals surface area contributed by atoms with E-state index in [1.165, 1.54) is 36.2 Å². The van der Waals surface area contributed by atoms with Gasteiger partial charge in [-0.15, -0.1) is 0 Å². The lowest BCUT2D eigenvalue weighted by Crippen LogP contribution is -2.14. The van der Waals surface area contributed by atoms with Crippen molar-refractivity contribution in [2.45, 2.75) is 6.92 Å². The summed E-state index contributed by atoms with van der Waals surface area (Å²) in [6.45, 7) is 1.72. The third-order valence-electron chi connectivity index (χ3n) is 5.08. The average Bonchev–Trinajstić information content (AvgIpc) is 3.48. The predicted octanol–water partition coefficient (Wildman–Crippen LogP) is 4.96. The van der Waals surface area contributed by atoms with Crippen LogP contribution in [-0.2, 0) is 9.47 Å². The van der Waals surface area contributed by atoms with Gasteiger partial charge in [-0.05, 0) is 31.2 Å². The highest BCUT2D eigenvalue weighted by Crippen LogP contribution is 2.39. The van der Waals surface area contributed by atoms with Gasteiger partial charge in [-0.3, -0.25) is 0 Å². The van der Waals surface area contributed by atoms with Crippen LogP contribution in [0.5, 0.6) is 5.75 Å². The van der Waals surface area contributed by atoms with Gasteiger partial charge in [0.1, 0.15) is 28.5 Å². The van der Waals surface area contributed by atoms with E-state index in [1.807, 2.05) is 0 Å². The molecule has 0 spiro atoms. The summed E-state index contributed by atoms with van der Waals surface area (Å²) in [7, 11) is 2.62. The molecule has 4 rings (SSSR count). The van der Waals surface area contributed by atoms with E-state index in [0.29, 0.717) is 11.4 Å². The first-order valence-corrected chi connectivity index (χ1v) is 10.7. The molecule has 35 heavy (non-hydrogen) atoms. The lowest BCUT2D eigenvalue weighted by atomic mass is 10.0. The summed E-state index contributed by atoms with van der Waals surface area (Å²) in [5, 5.41) is 8.22. The number of hydrogen-bond donors (Lipinski definition) is 0. The van der Waals surface area contributed by atoms with Crippen LogP contribution in [0.15, 0.2) is 53.2 Å². The zero-order valence-corrected chi connectivity index (χ0v) is 19.6. The average molecular weight is 500 g/mol. The summed E-state index contributed by atoms with van der Waals surface area (Å²) in [6.07, 6.45) is 1.30. The minimum absolute atomic E-state index is 0.00494. The Morgan fingerprint density at radius 3 is 2.57 bits per heavy atom. The Labute approximate surface area is 203 Å². The first kappa shape index (κ1) is 24.0. The molecule has 0 fully saturated rings. The lowest BCUT2D eigenvalue weighted by Gasteiger charge is -2.12. The molecule has 0 amide bonds. The quantitative estimate of drug-likeness (QED) is 0.328. The van der Waals surface area contributed by atoms with Gasteiger partial charge in [0, 0.05) is 0 Å². The first-order chi connectivity index (χ1) is 16.9. The molecule has 11 heteroatoms. The topological polar surface area (TPSA) is 106 Å². The number of hydrogen-bond acceptors (Lipinski definition) is 8. The van der Waals surface area contributed by atoms with Gasteiger partial charge in [-0.25, -0.2) is 18.7 Å². The number of methoxy groups -OCH3 is 2. The summed E-state index contributed by atoms with van der Waals surface area (Å²) >= 11 is 6.20. The molecule has 0 aliphatic rings. The lowest BCUT2D eigenvalue weighted by molar-refractivity contribution is 0.0514. The number of halogens is 2. The number of rotatable bonds is 7. The number of ether oxygens (including phenoxy) is 3. The van der Waals surface area contributed by atoms with Crippen LogP contribution in [-0.4, -0.2) is 47.7 Å². The predicted molar refractivity (Wildman–Crippen MR) is 123 cm³/mol. The second kappa shape index (κ2) is 9.98.